The summed E-state index contributed by atoms with van der Waals surface area (Å²) >= 11 is 0. The maximum Gasteiger partial charge on any atom is 0.247 e. The van der Waals surface area contributed by atoms with Crippen LogP contribution in [0.1, 0.15) is 28.3 Å². The molecule has 0 bridgehead atoms. The van der Waals surface area contributed by atoms with E-state index in [2.05, 4.69) is 5.32 Å². The minimum Gasteiger partial charge on any atom is -0.493 e. The smallest absolute Gasteiger partial charge is 0.247 e. The van der Waals surface area contributed by atoms with Crippen LogP contribution in [0.4, 0.5) is 4.39 Å². The molecule has 4 aromatic carbocycles. The molecule has 8 nitrogen and oxygen atoms in total. The molecule has 1 N–H and O–H groups in total. The molecule has 1 heterocycles. The molecular formula is C33H31FN2O6. The zero-order valence-electron chi connectivity index (χ0n) is 23.3. The third-order valence-electron chi connectivity index (χ3n) is 6.97. The number of rotatable bonds is 11. The lowest BCUT2D eigenvalue weighted by Gasteiger charge is -2.32. The monoisotopic (exact) mass is 570 g/mol. The van der Waals surface area contributed by atoms with E-state index in [9.17, 15) is 14.0 Å². The van der Waals surface area contributed by atoms with E-state index in [0.717, 1.165) is 5.56 Å². The molecule has 1 aliphatic heterocycles. The molecule has 0 saturated carbocycles. The number of benzene rings is 4. The number of methoxy groups -OCH3 is 2. The molecule has 9 heteroatoms. The van der Waals surface area contributed by atoms with E-state index in [1.807, 2.05) is 42.5 Å². The van der Waals surface area contributed by atoms with E-state index in [-0.39, 0.29) is 43.9 Å². The van der Waals surface area contributed by atoms with Gasteiger partial charge in [0, 0.05) is 13.1 Å². The molecule has 0 unspecified atom stereocenters. The minimum absolute atomic E-state index is 0.000321. The lowest BCUT2D eigenvalue weighted by Crippen LogP contribution is -2.43. The van der Waals surface area contributed by atoms with Crippen LogP contribution in [0.3, 0.4) is 0 Å². The molecule has 5 rings (SSSR count). The van der Waals surface area contributed by atoms with Crippen molar-refractivity contribution in [2.24, 2.45) is 0 Å². The zero-order valence-corrected chi connectivity index (χ0v) is 23.3. The summed E-state index contributed by atoms with van der Waals surface area (Å²) in [5, 5.41) is 2.99. The van der Waals surface area contributed by atoms with Gasteiger partial charge < -0.3 is 29.2 Å². The average Bonchev–Trinajstić information content (AvgIpc) is 3.49. The largest absolute Gasteiger partial charge is 0.493 e. The first-order valence-corrected chi connectivity index (χ1v) is 13.4. The Balaban J connectivity index is 1.45. The Morgan fingerprint density at radius 2 is 1.52 bits per heavy atom. The molecule has 2 amide bonds. The van der Waals surface area contributed by atoms with E-state index in [1.54, 1.807) is 43.5 Å². The average molecular weight is 571 g/mol. The predicted octanol–water partition coefficient (Wildman–Crippen LogP) is 5.20. The van der Waals surface area contributed by atoms with Crippen molar-refractivity contribution in [3.63, 3.8) is 0 Å². The third kappa shape index (κ3) is 6.63. The highest BCUT2D eigenvalue weighted by Gasteiger charge is 2.32. The second-order valence-corrected chi connectivity index (χ2v) is 9.73. The molecule has 0 aliphatic carbocycles. The normalized spacial score (nSPS) is 12.4. The zero-order chi connectivity index (χ0) is 29.5. The van der Waals surface area contributed by atoms with E-state index < -0.39 is 6.04 Å². The lowest BCUT2D eigenvalue weighted by atomic mass is 10.0. The number of ether oxygens (including phenoxy) is 4. The Labute approximate surface area is 243 Å². The highest BCUT2D eigenvalue weighted by Crippen LogP contribution is 2.33. The van der Waals surface area contributed by atoms with Crippen molar-refractivity contribution in [3.8, 4) is 23.0 Å². The first-order valence-electron chi connectivity index (χ1n) is 13.4. The van der Waals surface area contributed by atoms with E-state index in [4.69, 9.17) is 18.9 Å². The van der Waals surface area contributed by atoms with Crippen LogP contribution in [-0.2, 0) is 29.1 Å². The van der Waals surface area contributed by atoms with Crippen molar-refractivity contribution in [2.75, 3.05) is 21.0 Å². The molecule has 0 aromatic heterocycles. The minimum atomic E-state index is -0.960. The summed E-state index contributed by atoms with van der Waals surface area (Å²) in [6.07, 6.45) is 0.000321. The first-order chi connectivity index (χ1) is 20.4. The van der Waals surface area contributed by atoms with E-state index in [0.29, 0.717) is 39.7 Å². The number of hydrogen-bond donors (Lipinski definition) is 1. The van der Waals surface area contributed by atoms with Gasteiger partial charge in [0.15, 0.2) is 23.0 Å². The molecule has 42 heavy (non-hydrogen) atoms. The summed E-state index contributed by atoms with van der Waals surface area (Å²) < 4.78 is 35.3. The van der Waals surface area contributed by atoms with Gasteiger partial charge in [-0.05, 0) is 58.7 Å². The summed E-state index contributed by atoms with van der Waals surface area (Å²) in [5.41, 5.74) is 2.83. The van der Waals surface area contributed by atoms with Crippen LogP contribution in [0.2, 0.25) is 0 Å². The summed E-state index contributed by atoms with van der Waals surface area (Å²) in [7, 11) is 3.07. The Hall–Kier alpha value is -5.05. The second-order valence-electron chi connectivity index (χ2n) is 9.73. The number of carbonyl (C=O) groups is 2. The Morgan fingerprint density at radius 3 is 2.26 bits per heavy atom. The van der Waals surface area contributed by atoms with Crippen LogP contribution in [0, 0.1) is 5.82 Å². The fourth-order valence-electron chi connectivity index (χ4n) is 4.82. The summed E-state index contributed by atoms with van der Waals surface area (Å²) in [5.74, 6) is 1.27. The molecule has 0 spiro atoms. The van der Waals surface area contributed by atoms with Crippen molar-refractivity contribution in [1.29, 1.82) is 0 Å². The van der Waals surface area contributed by atoms with E-state index in [1.165, 1.54) is 24.1 Å². The standard InChI is InChI=1S/C33H31FN2O6/c1-39-27-14-10-23(16-29(27)40-2)18-31(37)36(20-22-8-12-26(34)13-9-22)32(25-6-4-3-5-7-25)33(38)35-19-24-11-15-28-30(17-24)42-21-41-28/h3-17,32H,18-21H2,1-2H3,(H,35,38)/t32-/m0/s1. The van der Waals surface area contributed by atoms with Gasteiger partial charge in [-0.1, -0.05) is 54.6 Å². The van der Waals surface area contributed by atoms with Crippen LogP contribution in [-0.4, -0.2) is 37.7 Å². The van der Waals surface area contributed by atoms with Crippen molar-refractivity contribution in [2.45, 2.75) is 25.6 Å². The molecular weight excluding hydrogens is 539 g/mol. The van der Waals surface area contributed by atoms with Gasteiger partial charge in [-0.15, -0.1) is 0 Å². The highest BCUT2D eigenvalue weighted by molar-refractivity contribution is 5.89. The Kier molecular flexibility index (Phi) is 8.87. The summed E-state index contributed by atoms with van der Waals surface area (Å²) in [6.45, 7) is 0.457. The number of nitrogens with zero attached hydrogens (tertiary/aromatic N) is 1. The SMILES string of the molecule is COc1ccc(CC(=O)N(Cc2ccc(F)cc2)[C@H](C(=O)NCc2ccc3c(c2)OCO3)c2ccccc2)cc1OC. The number of halogens is 1. The van der Waals surface area contributed by atoms with Gasteiger partial charge in [-0.2, -0.15) is 0 Å². The van der Waals surface area contributed by atoms with Crippen molar-refractivity contribution in [3.05, 3.63) is 119 Å². The molecule has 216 valence electrons. The number of carbonyl (C=O) groups excluding carboxylic acids is 2. The molecule has 1 aliphatic rings. The fraction of sp³-hybridized carbons (Fsp3) is 0.212. The molecule has 0 fully saturated rings. The highest BCUT2D eigenvalue weighted by atomic mass is 19.1. The molecule has 4 aromatic rings. The topological polar surface area (TPSA) is 86.3 Å². The summed E-state index contributed by atoms with van der Waals surface area (Å²) in [6, 6.07) is 24.8. The van der Waals surface area contributed by atoms with Gasteiger partial charge in [0.2, 0.25) is 18.6 Å². The van der Waals surface area contributed by atoms with Gasteiger partial charge in [0.05, 0.1) is 20.6 Å². The third-order valence-corrected chi connectivity index (χ3v) is 6.97. The molecule has 0 saturated heterocycles. The second kappa shape index (κ2) is 13.1. The number of amides is 2. The quantitative estimate of drug-likeness (QED) is 0.267. The van der Waals surface area contributed by atoms with Crippen LogP contribution in [0.25, 0.3) is 0 Å². The number of hydrogen-bond acceptors (Lipinski definition) is 6. The van der Waals surface area contributed by atoms with Crippen LogP contribution in [0.5, 0.6) is 23.0 Å². The first kappa shape index (κ1) is 28.5. The van der Waals surface area contributed by atoms with Gasteiger partial charge in [0.25, 0.3) is 0 Å². The lowest BCUT2D eigenvalue weighted by molar-refractivity contribution is -0.141. The van der Waals surface area contributed by atoms with Crippen molar-refractivity contribution < 1.29 is 32.9 Å². The predicted molar refractivity (Wildman–Crippen MR) is 154 cm³/mol. The fourth-order valence-corrected chi connectivity index (χ4v) is 4.82. The maximum absolute atomic E-state index is 14.0. The molecule has 0 radical (unpaired) electrons. The Bertz CT molecular complexity index is 1540. The van der Waals surface area contributed by atoms with Gasteiger partial charge >= 0.3 is 0 Å². The van der Waals surface area contributed by atoms with Gasteiger partial charge in [-0.25, -0.2) is 4.39 Å². The van der Waals surface area contributed by atoms with Gasteiger partial charge in [0.1, 0.15) is 11.9 Å². The van der Waals surface area contributed by atoms with Crippen LogP contribution in [0.15, 0.2) is 91.0 Å². The number of nitrogens with one attached hydrogen (secondary N) is 1. The van der Waals surface area contributed by atoms with Crippen molar-refractivity contribution in [1.82, 2.24) is 10.2 Å². The van der Waals surface area contributed by atoms with Crippen molar-refractivity contribution >= 4 is 11.8 Å². The van der Waals surface area contributed by atoms with Crippen LogP contribution < -0.4 is 24.3 Å². The van der Waals surface area contributed by atoms with Gasteiger partial charge in [-0.3, -0.25) is 9.59 Å². The van der Waals surface area contributed by atoms with E-state index >= 15 is 0 Å². The molecule has 1 atom stereocenters. The summed E-state index contributed by atoms with van der Waals surface area (Å²) in [4.78, 5) is 29.5. The maximum atomic E-state index is 14.0. The number of fused-ring (bicyclic) bond motifs is 1. The van der Waals surface area contributed by atoms with Crippen LogP contribution >= 0.6 is 0 Å². The Morgan fingerprint density at radius 1 is 0.833 bits per heavy atom.